The number of ether oxygens (including phenoxy) is 3. The van der Waals surface area contributed by atoms with Gasteiger partial charge in [0.25, 0.3) is 0 Å². The van der Waals surface area contributed by atoms with Gasteiger partial charge in [-0.1, -0.05) is 242 Å². The van der Waals surface area contributed by atoms with Crippen molar-refractivity contribution < 1.29 is 49.3 Å². The number of hydrogen-bond donors (Lipinski definition) is 6. The number of aliphatic hydroxyl groups is 5. The van der Waals surface area contributed by atoms with Crippen LogP contribution in [0.3, 0.4) is 0 Å². The van der Waals surface area contributed by atoms with E-state index in [9.17, 15) is 35.1 Å². The van der Waals surface area contributed by atoms with E-state index in [1.165, 1.54) is 186 Å². The van der Waals surface area contributed by atoms with Gasteiger partial charge in [0.15, 0.2) is 6.29 Å². The van der Waals surface area contributed by atoms with Gasteiger partial charge in [-0.3, -0.25) is 9.59 Å². The lowest BCUT2D eigenvalue weighted by atomic mass is 9.99. The van der Waals surface area contributed by atoms with Crippen LogP contribution in [0.4, 0.5) is 0 Å². The summed E-state index contributed by atoms with van der Waals surface area (Å²) in [5.41, 5.74) is 0. The van der Waals surface area contributed by atoms with Crippen molar-refractivity contribution in [1.82, 2.24) is 5.32 Å². The zero-order valence-electron chi connectivity index (χ0n) is 49.7. The molecule has 0 spiro atoms. The maximum Gasteiger partial charge on any atom is 0.305 e. The quantitative estimate of drug-likeness (QED) is 0.0195. The molecule has 6 N–H and O–H groups in total. The molecule has 0 bridgehead atoms. The molecule has 0 saturated carbocycles. The van der Waals surface area contributed by atoms with Crippen molar-refractivity contribution in [2.75, 3.05) is 19.8 Å². The molecule has 1 fully saturated rings. The molecule has 77 heavy (non-hydrogen) atoms. The molecule has 450 valence electrons. The lowest BCUT2D eigenvalue weighted by molar-refractivity contribution is -0.302. The van der Waals surface area contributed by atoms with Crippen molar-refractivity contribution in [2.24, 2.45) is 0 Å². The SMILES string of the molecule is CCCCCC/C=C\C/C=C\CCCCCCCCCC(=O)OCCCCCCCCCCCCC/C=C\CCCCCCCCCC(=O)NC(COC1OC(CO)C(O)C(O)C1O)C(O)/C=C/CCCCCCCCC. The molecule has 1 saturated heterocycles. The highest BCUT2D eigenvalue weighted by molar-refractivity contribution is 5.76. The summed E-state index contributed by atoms with van der Waals surface area (Å²) < 4.78 is 16.7. The van der Waals surface area contributed by atoms with Crippen LogP contribution in [0.15, 0.2) is 48.6 Å². The highest BCUT2D eigenvalue weighted by Crippen LogP contribution is 2.23. The molecule has 0 radical (unpaired) electrons. The third-order valence-electron chi connectivity index (χ3n) is 15.2. The van der Waals surface area contributed by atoms with Crippen LogP contribution in [-0.2, 0) is 23.8 Å². The van der Waals surface area contributed by atoms with Crippen LogP contribution in [-0.4, -0.2) is 100 Å². The van der Waals surface area contributed by atoms with Crippen LogP contribution in [0.1, 0.15) is 296 Å². The number of unbranched alkanes of at least 4 members (excludes halogenated alkanes) is 36. The van der Waals surface area contributed by atoms with E-state index in [0.717, 1.165) is 83.5 Å². The zero-order valence-corrected chi connectivity index (χ0v) is 49.7. The van der Waals surface area contributed by atoms with Crippen LogP contribution in [0.5, 0.6) is 0 Å². The van der Waals surface area contributed by atoms with Crippen LogP contribution in [0, 0.1) is 0 Å². The number of hydrogen-bond acceptors (Lipinski definition) is 10. The number of nitrogens with one attached hydrogen (secondary N) is 1. The van der Waals surface area contributed by atoms with Crippen LogP contribution >= 0.6 is 0 Å². The second-order valence-corrected chi connectivity index (χ2v) is 22.5. The fourth-order valence-corrected chi connectivity index (χ4v) is 9.99. The molecule has 1 amide bonds. The molecule has 0 aromatic rings. The third kappa shape index (κ3) is 45.0. The number of aliphatic hydroxyl groups excluding tert-OH is 5. The van der Waals surface area contributed by atoms with E-state index in [1.807, 2.05) is 6.08 Å². The molecular weight excluding hydrogens is 967 g/mol. The Balaban J connectivity index is 1.97. The number of carbonyl (C=O) groups excluding carboxylic acids is 2. The first-order chi connectivity index (χ1) is 37.7. The van der Waals surface area contributed by atoms with Crippen molar-refractivity contribution in [2.45, 2.75) is 339 Å². The smallest absolute Gasteiger partial charge is 0.305 e. The Hall–Kier alpha value is -2.38. The lowest BCUT2D eigenvalue weighted by Crippen LogP contribution is -2.60. The second-order valence-electron chi connectivity index (χ2n) is 22.5. The normalized spacial score (nSPS) is 18.9. The van der Waals surface area contributed by atoms with Crippen molar-refractivity contribution in [3.05, 3.63) is 48.6 Å². The number of esters is 1. The summed E-state index contributed by atoms with van der Waals surface area (Å²) in [6.45, 7) is 4.29. The Morgan fingerprint density at radius 2 is 0.870 bits per heavy atom. The van der Waals surface area contributed by atoms with E-state index < -0.39 is 49.5 Å². The molecule has 1 heterocycles. The molecule has 0 aromatic heterocycles. The van der Waals surface area contributed by atoms with Crippen molar-refractivity contribution >= 4 is 11.9 Å². The first-order valence-electron chi connectivity index (χ1n) is 32.4. The summed E-state index contributed by atoms with van der Waals surface area (Å²) in [6, 6.07) is -0.814. The Bertz CT molecular complexity index is 1420. The fourth-order valence-electron chi connectivity index (χ4n) is 9.99. The molecule has 7 atom stereocenters. The summed E-state index contributed by atoms with van der Waals surface area (Å²) in [5, 5.41) is 54.2. The Labute approximate surface area is 472 Å². The summed E-state index contributed by atoms with van der Waals surface area (Å²) in [7, 11) is 0. The van der Waals surface area contributed by atoms with E-state index in [0.29, 0.717) is 19.4 Å². The van der Waals surface area contributed by atoms with Gasteiger partial charge in [-0.15, -0.1) is 0 Å². The van der Waals surface area contributed by atoms with Gasteiger partial charge in [-0.05, 0) is 89.9 Å². The van der Waals surface area contributed by atoms with E-state index in [1.54, 1.807) is 6.08 Å². The van der Waals surface area contributed by atoms with Crippen LogP contribution in [0.25, 0.3) is 0 Å². The molecule has 1 rings (SSSR count). The minimum absolute atomic E-state index is 0.0102. The first-order valence-corrected chi connectivity index (χ1v) is 32.4. The first kappa shape index (κ1) is 72.6. The highest BCUT2D eigenvalue weighted by atomic mass is 16.7. The molecule has 11 nitrogen and oxygen atoms in total. The van der Waals surface area contributed by atoms with Gasteiger partial charge in [0.1, 0.15) is 24.4 Å². The molecule has 11 heteroatoms. The van der Waals surface area contributed by atoms with Crippen molar-refractivity contribution in [1.29, 1.82) is 0 Å². The standard InChI is InChI=1S/C66H121NO10/c1-3-5-7-9-11-13-14-15-16-17-25-28-31-34-38-42-46-50-54-62(71)75-55-51-47-43-39-35-32-29-26-23-21-19-18-20-22-24-27-30-33-37-41-45-49-53-61(70)67-58(59(69)52-48-44-40-36-12-10-8-6-4-2)57-76-66-65(74)64(73)63(72)60(56-68)77-66/h13-14,16-17,20,22,48,52,58-60,63-66,68-69,72-74H,3-12,15,18-19,21,23-47,49-51,53-57H2,1-2H3,(H,67,70)/b14-13-,17-16-,22-20-,52-48+. The third-order valence-corrected chi connectivity index (χ3v) is 15.2. The number of carbonyl (C=O) groups is 2. The molecule has 1 aliphatic heterocycles. The lowest BCUT2D eigenvalue weighted by Gasteiger charge is -2.40. The minimum Gasteiger partial charge on any atom is -0.466 e. The van der Waals surface area contributed by atoms with Gasteiger partial charge in [0, 0.05) is 12.8 Å². The van der Waals surface area contributed by atoms with Crippen molar-refractivity contribution in [3.8, 4) is 0 Å². The summed E-state index contributed by atoms with van der Waals surface area (Å²) >= 11 is 0. The average molecular weight is 1090 g/mol. The minimum atomic E-state index is -1.57. The van der Waals surface area contributed by atoms with Gasteiger partial charge < -0.3 is 45.1 Å². The fraction of sp³-hybridized carbons (Fsp3) is 0.848. The van der Waals surface area contributed by atoms with Crippen molar-refractivity contribution in [3.63, 3.8) is 0 Å². The van der Waals surface area contributed by atoms with Crippen LogP contribution in [0.2, 0.25) is 0 Å². The maximum atomic E-state index is 13.0. The number of allylic oxidation sites excluding steroid dienone is 7. The molecule has 0 aromatic carbocycles. The Morgan fingerprint density at radius 3 is 1.34 bits per heavy atom. The van der Waals surface area contributed by atoms with Gasteiger partial charge >= 0.3 is 5.97 Å². The van der Waals surface area contributed by atoms with Crippen LogP contribution < -0.4 is 5.32 Å². The van der Waals surface area contributed by atoms with E-state index in [-0.39, 0.29) is 18.5 Å². The summed E-state index contributed by atoms with van der Waals surface area (Å²) in [5.74, 6) is -0.201. The zero-order chi connectivity index (χ0) is 55.9. The molecule has 0 aliphatic carbocycles. The van der Waals surface area contributed by atoms with Gasteiger partial charge in [0.05, 0.1) is 32.0 Å². The molecular formula is C66H121NO10. The van der Waals surface area contributed by atoms with E-state index in [2.05, 4.69) is 55.6 Å². The molecule has 1 aliphatic rings. The summed E-state index contributed by atoms with van der Waals surface area (Å²) in [6.07, 6.45) is 60.9. The van der Waals surface area contributed by atoms with E-state index in [4.69, 9.17) is 14.2 Å². The topological polar surface area (TPSA) is 175 Å². The second kappa shape index (κ2) is 55.5. The maximum absolute atomic E-state index is 13.0. The van der Waals surface area contributed by atoms with Gasteiger partial charge in [0.2, 0.25) is 5.91 Å². The number of amides is 1. The van der Waals surface area contributed by atoms with E-state index >= 15 is 0 Å². The summed E-state index contributed by atoms with van der Waals surface area (Å²) in [4.78, 5) is 25.1. The van der Waals surface area contributed by atoms with Gasteiger partial charge in [-0.2, -0.15) is 0 Å². The van der Waals surface area contributed by atoms with Gasteiger partial charge in [-0.25, -0.2) is 0 Å². The monoisotopic (exact) mass is 1090 g/mol. The average Bonchev–Trinajstić information content (AvgIpc) is 3.43. The molecule has 7 unspecified atom stereocenters. The largest absolute Gasteiger partial charge is 0.466 e. The highest BCUT2D eigenvalue weighted by Gasteiger charge is 2.44. The predicted molar refractivity (Wildman–Crippen MR) is 320 cm³/mol. The Kier molecular flexibility index (Phi) is 52.4. The predicted octanol–water partition coefficient (Wildman–Crippen LogP) is 15.6. The number of rotatable bonds is 56. The Morgan fingerprint density at radius 1 is 0.481 bits per heavy atom.